The molecule has 1 aliphatic rings. The molecule has 0 spiro atoms. The molecule has 0 radical (unpaired) electrons. The Hall–Kier alpha value is -2.38. The summed E-state index contributed by atoms with van der Waals surface area (Å²) in [5.74, 6) is -0.0366. The molecular formula is C20H25N3O3S. The molecule has 1 unspecified atom stereocenters. The highest BCUT2D eigenvalue weighted by molar-refractivity contribution is 7.09. The van der Waals surface area contributed by atoms with Crippen LogP contribution in [0.3, 0.4) is 0 Å². The summed E-state index contributed by atoms with van der Waals surface area (Å²) >= 11 is 1.64. The number of benzene rings is 1. The number of urea groups is 1. The zero-order valence-corrected chi connectivity index (χ0v) is 16.5. The molecule has 7 heteroatoms. The Labute approximate surface area is 163 Å². The summed E-state index contributed by atoms with van der Waals surface area (Å²) in [5.41, 5.74) is 1.49. The van der Waals surface area contributed by atoms with Gasteiger partial charge in [0, 0.05) is 43.4 Å². The topological polar surface area (TPSA) is 61.9 Å². The Bertz CT molecular complexity index is 755. The number of ether oxygens (including phenoxy) is 1. The van der Waals surface area contributed by atoms with Gasteiger partial charge in [-0.2, -0.15) is 0 Å². The normalized spacial score (nSPS) is 16.1. The Morgan fingerprint density at radius 3 is 2.63 bits per heavy atom. The Morgan fingerprint density at radius 1 is 1.26 bits per heavy atom. The largest absolute Gasteiger partial charge is 0.376 e. The van der Waals surface area contributed by atoms with Gasteiger partial charge in [-0.25, -0.2) is 4.79 Å². The lowest BCUT2D eigenvalue weighted by Gasteiger charge is -2.25. The molecule has 6 nitrogen and oxygen atoms in total. The molecular weight excluding hydrogens is 362 g/mol. The summed E-state index contributed by atoms with van der Waals surface area (Å²) in [6.07, 6.45) is 2.13. The highest BCUT2D eigenvalue weighted by atomic mass is 32.1. The second-order valence-electron chi connectivity index (χ2n) is 6.65. The summed E-state index contributed by atoms with van der Waals surface area (Å²) in [7, 11) is 1.72. The van der Waals surface area contributed by atoms with E-state index in [1.54, 1.807) is 28.2 Å². The van der Waals surface area contributed by atoms with Crippen LogP contribution in [0.4, 0.5) is 16.2 Å². The zero-order valence-electron chi connectivity index (χ0n) is 15.7. The third-order valence-electron chi connectivity index (χ3n) is 4.64. The first-order valence-corrected chi connectivity index (χ1v) is 9.95. The molecule has 2 aromatic rings. The molecule has 1 fully saturated rings. The second kappa shape index (κ2) is 9.01. The summed E-state index contributed by atoms with van der Waals surface area (Å²) in [4.78, 5) is 28.8. The molecule has 3 rings (SSSR count). The molecule has 1 aliphatic heterocycles. The standard InChI is InChI=1S/C20H25N3O3S/c1-15(24)22(2)17-9-7-16(8-10-17)21-20(25)23(13-18-5-3-11-26-18)14-19-6-4-12-27-19/h4,6-10,12,18H,3,5,11,13-14H2,1-2H3,(H,21,25). The first kappa shape index (κ1) is 19.4. The van der Waals surface area contributed by atoms with Crippen LogP contribution in [0.15, 0.2) is 41.8 Å². The van der Waals surface area contributed by atoms with Gasteiger partial charge in [0.1, 0.15) is 0 Å². The van der Waals surface area contributed by atoms with E-state index in [1.165, 1.54) is 6.92 Å². The predicted octanol–water partition coefficient (Wildman–Crippen LogP) is 3.94. The molecule has 27 heavy (non-hydrogen) atoms. The lowest BCUT2D eigenvalue weighted by atomic mass is 10.2. The SMILES string of the molecule is CC(=O)N(C)c1ccc(NC(=O)N(Cc2cccs2)CC2CCCO2)cc1. The van der Waals surface area contributed by atoms with Gasteiger partial charge < -0.3 is 19.9 Å². The van der Waals surface area contributed by atoms with Gasteiger partial charge in [0.25, 0.3) is 0 Å². The molecule has 144 valence electrons. The van der Waals surface area contributed by atoms with Crippen LogP contribution in [0, 0.1) is 0 Å². The number of carbonyl (C=O) groups excluding carboxylic acids is 2. The average Bonchev–Trinajstić information content (AvgIpc) is 3.35. The first-order valence-electron chi connectivity index (χ1n) is 9.07. The fraction of sp³-hybridized carbons (Fsp3) is 0.400. The van der Waals surface area contributed by atoms with Crippen LogP contribution < -0.4 is 10.2 Å². The number of nitrogens with one attached hydrogen (secondary N) is 1. The van der Waals surface area contributed by atoms with Crippen LogP contribution in [-0.4, -0.2) is 43.1 Å². The minimum absolute atomic E-state index is 0.0366. The molecule has 1 atom stereocenters. The van der Waals surface area contributed by atoms with E-state index in [9.17, 15) is 9.59 Å². The quantitative estimate of drug-likeness (QED) is 0.816. The molecule has 2 heterocycles. The number of thiophene rings is 1. The highest BCUT2D eigenvalue weighted by Gasteiger charge is 2.23. The van der Waals surface area contributed by atoms with Gasteiger partial charge in [-0.3, -0.25) is 4.79 Å². The number of nitrogens with zero attached hydrogens (tertiary/aromatic N) is 2. The fourth-order valence-corrected chi connectivity index (χ4v) is 3.72. The summed E-state index contributed by atoms with van der Waals surface area (Å²) in [6.45, 7) is 3.43. The van der Waals surface area contributed by atoms with Gasteiger partial charge in [-0.15, -0.1) is 11.3 Å². The number of amides is 3. The van der Waals surface area contributed by atoms with Crippen LogP contribution in [0.25, 0.3) is 0 Å². The van der Waals surface area contributed by atoms with E-state index in [2.05, 4.69) is 5.32 Å². The van der Waals surface area contributed by atoms with Crippen LogP contribution in [0.2, 0.25) is 0 Å². The average molecular weight is 388 g/mol. The zero-order chi connectivity index (χ0) is 19.2. The number of hydrogen-bond acceptors (Lipinski definition) is 4. The lowest BCUT2D eigenvalue weighted by Crippen LogP contribution is -2.39. The number of carbonyl (C=O) groups is 2. The third-order valence-corrected chi connectivity index (χ3v) is 5.50. The first-order chi connectivity index (χ1) is 13.0. The van der Waals surface area contributed by atoms with Crippen molar-refractivity contribution in [3.05, 3.63) is 46.7 Å². The van der Waals surface area contributed by atoms with Crippen molar-refractivity contribution in [1.29, 1.82) is 0 Å². The summed E-state index contributed by atoms with van der Waals surface area (Å²) in [5, 5.41) is 4.97. The minimum Gasteiger partial charge on any atom is -0.376 e. The third kappa shape index (κ3) is 5.30. The van der Waals surface area contributed by atoms with Crippen LogP contribution in [0.1, 0.15) is 24.6 Å². The van der Waals surface area contributed by atoms with Crippen LogP contribution in [0.5, 0.6) is 0 Å². The van der Waals surface area contributed by atoms with Crippen molar-refractivity contribution in [2.45, 2.75) is 32.4 Å². The minimum atomic E-state index is -0.147. The lowest BCUT2D eigenvalue weighted by molar-refractivity contribution is -0.116. The highest BCUT2D eigenvalue weighted by Crippen LogP contribution is 2.20. The van der Waals surface area contributed by atoms with E-state index in [-0.39, 0.29) is 18.0 Å². The molecule has 1 aromatic carbocycles. The van der Waals surface area contributed by atoms with Crippen LogP contribution in [-0.2, 0) is 16.1 Å². The van der Waals surface area contributed by atoms with Gasteiger partial charge >= 0.3 is 6.03 Å². The fourth-order valence-electron chi connectivity index (χ4n) is 3.00. The van der Waals surface area contributed by atoms with E-state index in [1.807, 2.05) is 41.8 Å². The van der Waals surface area contributed by atoms with Gasteiger partial charge in [0.2, 0.25) is 5.91 Å². The van der Waals surface area contributed by atoms with Gasteiger partial charge in [-0.05, 0) is 48.6 Å². The maximum absolute atomic E-state index is 12.9. The van der Waals surface area contributed by atoms with Gasteiger partial charge in [-0.1, -0.05) is 6.07 Å². The maximum Gasteiger partial charge on any atom is 0.322 e. The molecule has 0 aliphatic carbocycles. The van der Waals surface area contributed by atoms with Gasteiger partial charge in [0.05, 0.1) is 12.6 Å². The van der Waals surface area contributed by atoms with Crippen molar-refractivity contribution in [2.24, 2.45) is 0 Å². The van der Waals surface area contributed by atoms with Crippen molar-refractivity contribution >= 4 is 34.6 Å². The summed E-state index contributed by atoms with van der Waals surface area (Å²) < 4.78 is 5.71. The van der Waals surface area contributed by atoms with E-state index >= 15 is 0 Å². The van der Waals surface area contributed by atoms with Crippen molar-refractivity contribution in [2.75, 3.05) is 30.4 Å². The number of rotatable bonds is 6. The van der Waals surface area contributed by atoms with Crippen molar-refractivity contribution in [1.82, 2.24) is 4.90 Å². The number of anilines is 2. The smallest absolute Gasteiger partial charge is 0.322 e. The molecule has 0 saturated carbocycles. The maximum atomic E-state index is 12.9. The molecule has 0 bridgehead atoms. The number of hydrogen-bond donors (Lipinski definition) is 1. The summed E-state index contributed by atoms with van der Waals surface area (Å²) in [6, 6.07) is 11.1. The Morgan fingerprint density at radius 2 is 2.04 bits per heavy atom. The van der Waals surface area contributed by atoms with E-state index < -0.39 is 0 Å². The van der Waals surface area contributed by atoms with Gasteiger partial charge in [0.15, 0.2) is 0 Å². The van der Waals surface area contributed by atoms with Crippen molar-refractivity contribution in [3.8, 4) is 0 Å². The second-order valence-corrected chi connectivity index (χ2v) is 7.68. The van der Waals surface area contributed by atoms with E-state index in [4.69, 9.17) is 4.74 Å². The predicted molar refractivity (Wildman–Crippen MR) is 108 cm³/mol. The molecule has 3 amide bonds. The Balaban J connectivity index is 1.66. The van der Waals surface area contributed by atoms with E-state index in [0.29, 0.717) is 18.8 Å². The van der Waals surface area contributed by atoms with Crippen molar-refractivity contribution < 1.29 is 14.3 Å². The molecule has 1 aromatic heterocycles. The molecule has 1 N–H and O–H groups in total. The Kier molecular flexibility index (Phi) is 6.47. The molecule has 1 saturated heterocycles. The van der Waals surface area contributed by atoms with Crippen molar-refractivity contribution in [3.63, 3.8) is 0 Å². The monoisotopic (exact) mass is 387 g/mol. The van der Waals surface area contributed by atoms with Crippen LogP contribution >= 0.6 is 11.3 Å². The van der Waals surface area contributed by atoms with E-state index in [0.717, 1.165) is 30.0 Å².